The van der Waals surface area contributed by atoms with Crippen LogP contribution in [-0.4, -0.2) is 25.8 Å². The van der Waals surface area contributed by atoms with E-state index in [1.165, 1.54) is 7.11 Å². The highest BCUT2D eigenvalue weighted by Crippen LogP contribution is 2.44. The normalized spacial score (nSPS) is 30.5. The molecule has 0 aromatic heterocycles. The van der Waals surface area contributed by atoms with Gasteiger partial charge in [0.15, 0.2) is 0 Å². The van der Waals surface area contributed by atoms with Crippen LogP contribution in [0.4, 0.5) is 0 Å². The molecule has 2 unspecified atom stereocenters. The zero-order chi connectivity index (χ0) is 11.3. The van der Waals surface area contributed by atoms with Gasteiger partial charge in [0.25, 0.3) is 0 Å². The first-order chi connectivity index (χ1) is 7.21. The van der Waals surface area contributed by atoms with Gasteiger partial charge in [0.2, 0.25) is 0 Å². The Morgan fingerprint density at radius 1 is 1.47 bits per heavy atom. The molecule has 2 atom stereocenters. The molecule has 3 nitrogen and oxygen atoms in total. The van der Waals surface area contributed by atoms with Crippen LogP contribution in [0.5, 0.6) is 0 Å². The minimum Gasteiger partial charge on any atom is -0.469 e. The van der Waals surface area contributed by atoms with Gasteiger partial charge < -0.3 is 9.47 Å². The maximum Gasteiger partial charge on any atom is 0.314 e. The first-order valence-electron chi connectivity index (χ1n) is 5.91. The van der Waals surface area contributed by atoms with Gasteiger partial charge in [-0.2, -0.15) is 0 Å². The molecule has 0 aromatic carbocycles. The van der Waals surface area contributed by atoms with E-state index in [1.54, 1.807) is 0 Å². The Balaban J connectivity index is 2.72. The lowest BCUT2D eigenvalue weighted by Crippen LogP contribution is -2.40. The summed E-state index contributed by atoms with van der Waals surface area (Å²) in [7, 11) is 1.47. The Kier molecular flexibility index (Phi) is 4.58. The van der Waals surface area contributed by atoms with Gasteiger partial charge in [-0.3, -0.25) is 4.79 Å². The second kappa shape index (κ2) is 5.50. The number of carbonyl (C=O) groups excluding carboxylic acids is 1. The molecule has 0 saturated heterocycles. The fourth-order valence-corrected chi connectivity index (χ4v) is 2.53. The molecule has 88 valence electrons. The van der Waals surface area contributed by atoms with Crippen LogP contribution in [0.3, 0.4) is 0 Å². The first kappa shape index (κ1) is 12.5. The summed E-state index contributed by atoms with van der Waals surface area (Å²) in [6.45, 7) is 4.87. The van der Waals surface area contributed by atoms with Crippen LogP contribution in [0.15, 0.2) is 0 Å². The minimum atomic E-state index is -0.371. The van der Waals surface area contributed by atoms with Gasteiger partial charge in [0.05, 0.1) is 18.6 Å². The number of hydrogen-bond acceptors (Lipinski definition) is 3. The van der Waals surface area contributed by atoms with Crippen molar-refractivity contribution in [1.82, 2.24) is 0 Å². The Labute approximate surface area is 92.1 Å². The monoisotopic (exact) mass is 214 g/mol. The number of carbonyl (C=O) groups is 1. The number of methoxy groups -OCH3 is 1. The van der Waals surface area contributed by atoms with Gasteiger partial charge in [-0.15, -0.1) is 0 Å². The standard InChI is InChI=1S/C12H22O3/c1-4-9-15-10-7-6-8-12(10,5-2)11(13)14-3/h10H,4-9H2,1-3H3. The lowest BCUT2D eigenvalue weighted by molar-refractivity contribution is -0.161. The maximum atomic E-state index is 11.8. The van der Waals surface area contributed by atoms with Crippen molar-refractivity contribution >= 4 is 5.97 Å². The van der Waals surface area contributed by atoms with Crippen molar-refractivity contribution in [3.05, 3.63) is 0 Å². The molecule has 1 fully saturated rings. The van der Waals surface area contributed by atoms with Crippen LogP contribution in [0.2, 0.25) is 0 Å². The van der Waals surface area contributed by atoms with E-state index in [9.17, 15) is 4.79 Å². The van der Waals surface area contributed by atoms with Gasteiger partial charge in [-0.1, -0.05) is 13.8 Å². The Morgan fingerprint density at radius 2 is 2.20 bits per heavy atom. The van der Waals surface area contributed by atoms with Crippen molar-refractivity contribution in [2.75, 3.05) is 13.7 Å². The molecule has 1 saturated carbocycles. The van der Waals surface area contributed by atoms with Crippen molar-refractivity contribution in [2.24, 2.45) is 5.41 Å². The molecule has 0 heterocycles. The topological polar surface area (TPSA) is 35.5 Å². The Hall–Kier alpha value is -0.570. The quantitative estimate of drug-likeness (QED) is 0.660. The minimum absolute atomic E-state index is 0.0647. The third-order valence-corrected chi connectivity index (χ3v) is 3.45. The number of hydrogen-bond donors (Lipinski definition) is 0. The van der Waals surface area contributed by atoms with Gasteiger partial charge in [-0.25, -0.2) is 0 Å². The molecule has 0 aromatic rings. The van der Waals surface area contributed by atoms with Crippen molar-refractivity contribution in [2.45, 2.75) is 52.1 Å². The van der Waals surface area contributed by atoms with E-state index in [0.717, 1.165) is 38.7 Å². The smallest absolute Gasteiger partial charge is 0.314 e. The van der Waals surface area contributed by atoms with E-state index in [4.69, 9.17) is 9.47 Å². The van der Waals surface area contributed by atoms with Crippen LogP contribution >= 0.6 is 0 Å². The number of esters is 1. The molecular formula is C12H22O3. The van der Waals surface area contributed by atoms with E-state index >= 15 is 0 Å². The summed E-state index contributed by atoms with van der Waals surface area (Å²) in [5, 5.41) is 0. The van der Waals surface area contributed by atoms with Crippen molar-refractivity contribution in [1.29, 1.82) is 0 Å². The zero-order valence-electron chi connectivity index (χ0n) is 10.0. The first-order valence-corrected chi connectivity index (χ1v) is 5.91. The summed E-state index contributed by atoms with van der Waals surface area (Å²) in [6, 6.07) is 0. The molecule has 15 heavy (non-hydrogen) atoms. The molecule has 0 radical (unpaired) electrons. The van der Waals surface area contributed by atoms with Gasteiger partial charge in [-0.05, 0) is 32.1 Å². The lowest BCUT2D eigenvalue weighted by Gasteiger charge is -2.31. The maximum absolute atomic E-state index is 11.8. The van der Waals surface area contributed by atoms with Crippen molar-refractivity contribution < 1.29 is 14.3 Å². The van der Waals surface area contributed by atoms with E-state index in [2.05, 4.69) is 6.92 Å². The second-order valence-corrected chi connectivity index (χ2v) is 4.25. The van der Waals surface area contributed by atoms with Crippen LogP contribution in [0.25, 0.3) is 0 Å². The molecule has 1 aliphatic rings. The molecule has 1 aliphatic carbocycles. The molecule has 3 heteroatoms. The summed E-state index contributed by atoms with van der Waals surface area (Å²) in [5.41, 5.74) is -0.371. The zero-order valence-corrected chi connectivity index (χ0v) is 10.0. The average Bonchev–Trinajstić information content (AvgIpc) is 2.69. The summed E-state index contributed by atoms with van der Waals surface area (Å²) in [5.74, 6) is -0.0939. The van der Waals surface area contributed by atoms with Crippen LogP contribution in [0, 0.1) is 5.41 Å². The van der Waals surface area contributed by atoms with E-state index < -0.39 is 0 Å². The predicted octanol–water partition coefficient (Wildman–Crippen LogP) is 2.53. The molecule has 1 rings (SSSR count). The largest absolute Gasteiger partial charge is 0.469 e. The highest BCUT2D eigenvalue weighted by atomic mass is 16.5. The van der Waals surface area contributed by atoms with E-state index in [-0.39, 0.29) is 17.5 Å². The Bertz CT molecular complexity index is 215. The fourth-order valence-electron chi connectivity index (χ4n) is 2.53. The molecule has 0 N–H and O–H groups in total. The van der Waals surface area contributed by atoms with Crippen LogP contribution in [0.1, 0.15) is 46.0 Å². The van der Waals surface area contributed by atoms with Gasteiger partial charge in [0.1, 0.15) is 0 Å². The molecular weight excluding hydrogens is 192 g/mol. The fraction of sp³-hybridized carbons (Fsp3) is 0.917. The molecule has 0 amide bonds. The van der Waals surface area contributed by atoms with Crippen molar-refractivity contribution in [3.63, 3.8) is 0 Å². The van der Waals surface area contributed by atoms with Crippen LogP contribution in [-0.2, 0) is 14.3 Å². The molecule has 0 aliphatic heterocycles. The third-order valence-electron chi connectivity index (χ3n) is 3.45. The summed E-state index contributed by atoms with van der Waals surface area (Å²) in [4.78, 5) is 11.8. The summed E-state index contributed by atoms with van der Waals surface area (Å²) in [6.07, 6.45) is 4.84. The predicted molar refractivity (Wildman–Crippen MR) is 58.6 cm³/mol. The Morgan fingerprint density at radius 3 is 2.73 bits per heavy atom. The number of rotatable bonds is 5. The van der Waals surface area contributed by atoms with Gasteiger partial charge in [0, 0.05) is 6.61 Å². The summed E-state index contributed by atoms with van der Waals surface area (Å²) < 4.78 is 10.7. The third kappa shape index (κ3) is 2.33. The van der Waals surface area contributed by atoms with E-state index in [0.29, 0.717) is 0 Å². The highest BCUT2D eigenvalue weighted by molar-refractivity contribution is 5.77. The lowest BCUT2D eigenvalue weighted by atomic mass is 9.81. The van der Waals surface area contributed by atoms with E-state index in [1.807, 2.05) is 6.92 Å². The molecule has 0 spiro atoms. The van der Waals surface area contributed by atoms with Gasteiger partial charge >= 0.3 is 5.97 Å². The highest BCUT2D eigenvalue weighted by Gasteiger charge is 2.49. The average molecular weight is 214 g/mol. The van der Waals surface area contributed by atoms with Crippen molar-refractivity contribution in [3.8, 4) is 0 Å². The summed E-state index contributed by atoms with van der Waals surface area (Å²) >= 11 is 0. The SMILES string of the molecule is CCCOC1CCCC1(CC)C(=O)OC. The second-order valence-electron chi connectivity index (χ2n) is 4.25. The number of ether oxygens (including phenoxy) is 2. The van der Waals surface area contributed by atoms with Crippen LogP contribution < -0.4 is 0 Å². The molecule has 0 bridgehead atoms.